The minimum Gasteiger partial charge on any atom is -0.396 e. The number of aliphatic hydroxyl groups is 1. The number of carbonyl (C=O) groups is 1. The highest BCUT2D eigenvalue weighted by atomic mass is 19.3. The van der Waals surface area contributed by atoms with Crippen molar-refractivity contribution in [3.63, 3.8) is 0 Å². The zero-order valence-corrected chi connectivity index (χ0v) is 12.2. The van der Waals surface area contributed by atoms with Crippen molar-refractivity contribution < 1.29 is 18.7 Å². The first-order valence-electron chi connectivity index (χ1n) is 7.03. The van der Waals surface area contributed by atoms with Gasteiger partial charge in [-0.1, -0.05) is 0 Å². The molecule has 1 fully saturated rings. The highest BCUT2D eigenvalue weighted by Crippen LogP contribution is 2.14. The summed E-state index contributed by atoms with van der Waals surface area (Å²) in [6, 6.07) is -0.898. The lowest BCUT2D eigenvalue weighted by molar-refractivity contribution is -0.137. The summed E-state index contributed by atoms with van der Waals surface area (Å²) >= 11 is 0. The van der Waals surface area contributed by atoms with Crippen LogP contribution in [0.1, 0.15) is 19.3 Å². The van der Waals surface area contributed by atoms with Crippen LogP contribution in [0.2, 0.25) is 0 Å². The SMILES string of the molecule is CN(CC(=O)N(C)C(CCO)C(F)F)C1CCNCC1. The van der Waals surface area contributed by atoms with Crippen molar-refractivity contribution in [3.05, 3.63) is 0 Å². The average molecular weight is 293 g/mol. The van der Waals surface area contributed by atoms with Crippen LogP contribution in [0.15, 0.2) is 0 Å². The van der Waals surface area contributed by atoms with E-state index in [0.29, 0.717) is 6.04 Å². The summed E-state index contributed by atoms with van der Waals surface area (Å²) < 4.78 is 25.7. The summed E-state index contributed by atoms with van der Waals surface area (Å²) in [5.41, 5.74) is 0. The number of carbonyl (C=O) groups excluding carboxylic acids is 1. The molecular weight excluding hydrogens is 268 g/mol. The number of alkyl halides is 2. The first-order chi connectivity index (χ1) is 9.47. The Labute approximate surface area is 118 Å². The van der Waals surface area contributed by atoms with E-state index in [1.165, 1.54) is 7.05 Å². The lowest BCUT2D eigenvalue weighted by Crippen LogP contribution is -2.49. The number of hydrogen-bond donors (Lipinski definition) is 2. The van der Waals surface area contributed by atoms with E-state index >= 15 is 0 Å². The Hall–Kier alpha value is -0.790. The number of halogens is 2. The fourth-order valence-corrected chi connectivity index (χ4v) is 2.51. The smallest absolute Gasteiger partial charge is 0.258 e. The Balaban J connectivity index is 2.50. The number of aliphatic hydroxyl groups excluding tert-OH is 1. The second-order valence-electron chi connectivity index (χ2n) is 5.32. The van der Waals surface area contributed by atoms with Gasteiger partial charge in [0, 0.05) is 19.7 Å². The van der Waals surface area contributed by atoms with Crippen LogP contribution in [0, 0.1) is 0 Å². The second kappa shape index (κ2) is 8.49. The lowest BCUT2D eigenvalue weighted by Gasteiger charge is -2.34. The topological polar surface area (TPSA) is 55.8 Å². The average Bonchev–Trinajstić information content (AvgIpc) is 2.44. The molecule has 1 saturated heterocycles. The van der Waals surface area contributed by atoms with Gasteiger partial charge in [-0.3, -0.25) is 9.69 Å². The van der Waals surface area contributed by atoms with Crippen LogP contribution >= 0.6 is 0 Å². The van der Waals surface area contributed by atoms with Crippen molar-refractivity contribution in [3.8, 4) is 0 Å². The van der Waals surface area contributed by atoms with E-state index < -0.39 is 12.5 Å². The van der Waals surface area contributed by atoms with Gasteiger partial charge in [0.15, 0.2) is 0 Å². The Morgan fingerprint density at radius 2 is 1.95 bits per heavy atom. The number of rotatable bonds is 7. The third-order valence-electron chi connectivity index (χ3n) is 3.92. The first kappa shape index (κ1) is 17.3. The number of nitrogens with one attached hydrogen (secondary N) is 1. The van der Waals surface area contributed by atoms with Crippen LogP contribution in [-0.2, 0) is 4.79 Å². The normalized spacial score (nSPS) is 18.6. The molecule has 0 spiro atoms. The molecule has 1 unspecified atom stereocenters. The number of amides is 1. The van der Waals surface area contributed by atoms with Crippen LogP contribution in [0.5, 0.6) is 0 Å². The summed E-state index contributed by atoms with van der Waals surface area (Å²) in [6.07, 6.45) is -0.817. The summed E-state index contributed by atoms with van der Waals surface area (Å²) in [6.45, 7) is 1.62. The van der Waals surface area contributed by atoms with Gasteiger partial charge in [0.05, 0.1) is 12.6 Å². The van der Waals surface area contributed by atoms with Gasteiger partial charge in [0.2, 0.25) is 5.91 Å². The van der Waals surface area contributed by atoms with Crippen molar-refractivity contribution in [1.82, 2.24) is 15.1 Å². The van der Waals surface area contributed by atoms with Gasteiger partial charge in [-0.25, -0.2) is 8.78 Å². The van der Waals surface area contributed by atoms with Gasteiger partial charge in [-0.2, -0.15) is 0 Å². The molecule has 0 bridgehead atoms. The molecule has 1 atom stereocenters. The Morgan fingerprint density at radius 1 is 1.35 bits per heavy atom. The van der Waals surface area contributed by atoms with E-state index in [4.69, 9.17) is 5.11 Å². The highest BCUT2D eigenvalue weighted by molar-refractivity contribution is 5.78. The lowest BCUT2D eigenvalue weighted by atomic mass is 10.1. The molecule has 2 N–H and O–H groups in total. The maximum absolute atomic E-state index is 12.9. The molecule has 1 aliphatic heterocycles. The zero-order chi connectivity index (χ0) is 15.1. The molecule has 0 saturated carbocycles. The molecule has 0 aliphatic carbocycles. The predicted molar refractivity (Wildman–Crippen MR) is 72.8 cm³/mol. The zero-order valence-electron chi connectivity index (χ0n) is 12.2. The highest BCUT2D eigenvalue weighted by Gasteiger charge is 2.29. The van der Waals surface area contributed by atoms with Crippen LogP contribution in [0.25, 0.3) is 0 Å². The van der Waals surface area contributed by atoms with Crippen molar-refractivity contribution in [2.24, 2.45) is 0 Å². The van der Waals surface area contributed by atoms with Gasteiger partial charge < -0.3 is 15.3 Å². The molecule has 20 heavy (non-hydrogen) atoms. The second-order valence-corrected chi connectivity index (χ2v) is 5.32. The summed E-state index contributed by atoms with van der Waals surface area (Å²) in [5.74, 6) is -0.329. The standard InChI is InChI=1S/C13H25F2N3O2/c1-17(10-3-6-16-7-4-10)9-12(20)18(2)11(5-8-19)13(14)15/h10-11,13,16,19H,3-9H2,1-2H3. The molecule has 7 heteroatoms. The minimum absolute atomic E-state index is 0.100. The largest absolute Gasteiger partial charge is 0.396 e. The number of hydrogen-bond acceptors (Lipinski definition) is 4. The molecule has 0 radical (unpaired) electrons. The monoisotopic (exact) mass is 293 g/mol. The third-order valence-corrected chi connectivity index (χ3v) is 3.92. The van der Waals surface area contributed by atoms with Gasteiger partial charge in [0.25, 0.3) is 6.43 Å². The van der Waals surface area contributed by atoms with E-state index in [-0.39, 0.29) is 25.5 Å². The van der Waals surface area contributed by atoms with Crippen molar-refractivity contribution in [2.45, 2.75) is 37.8 Å². The maximum Gasteiger partial charge on any atom is 0.258 e. The maximum atomic E-state index is 12.9. The van der Waals surface area contributed by atoms with Gasteiger partial charge in [-0.15, -0.1) is 0 Å². The van der Waals surface area contributed by atoms with Gasteiger partial charge in [-0.05, 0) is 39.4 Å². The van der Waals surface area contributed by atoms with E-state index in [0.717, 1.165) is 30.8 Å². The van der Waals surface area contributed by atoms with Crippen molar-refractivity contribution in [1.29, 1.82) is 0 Å². The van der Waals surface area contributed by atoms with Crippen LogP contribution in [-0.4, -0.2) is 79.7 Å². The van der Waals surface area contributed by atoms with Crippen molar-refractivity contribution in [2.75, 3.05) is 40.3 Å². The Kier molecular flexibility index (Phi) is 7.32. The first-order valence-corrected chi connectivity index (χ1v) is 7.03. The van der Waals surface area contributed by atoms with E-state index in [9.17, 15) is 13.6 Å². The fourth-order valence-electron chi connectivity index (χ4n) is 2.51. The van der Waals surface area contributed by atoms with E-state index in [1.54, 1.807) is 0 Å². The van der Waals surface area contributed by atoms with Crippen LogP contribution in [0.4, 0.5) is 8.78 Å². The Bertz CT molecular complexity index is 299. The molecule has 1 amide bonds. The number of piperidine rings is 1. The molecule has 1 heterocycles. The molecule has 0 aromatic rings. The summed E-state index contributed by atoms with van der Waals surface area (Å²) in [4.78, 5) is 15.1. The molecule has 118 valence electrons. The number of likely N-dealkylation sites (N-methyl/N-ethyl adjacent to an activating group) is 2. The summed E-state index contributed by atoms with van der Waals surface area (Å²) in [5, 5.41) is 12.1. The predicted octanol–water partition coefficient (Wildman–Crippen LogP) is 0.145. The fraction of sp³-hybridized carbons (Fsp3) is 0.923. The quantitative estimate of drug-likeness (QED) is 0.701. The molecule has 0 aromatic carbocycles. The minimum atomic E-state index is -2.64. The third kappa shape index (κ3) is 4.96. The van der Waals surface area contributed by atoms with Gasteiger partial charge in [0.1, 0.15) is 0 Å². The Morgan fingerprint density at radius 3 is 2.45 bits per heavy atom. The number of nitrogens with zero attached hydrogens (tertiary/aromatic N) is 2. The molecular formula is C13H25F2N3O2. The van der Waals surface area contributed by atoms with Gasteiger partial charge >= 0.3 is 0 Å². The van der Waals surface area contributed by atoms with E-state index in [2.05, 4.69) is 5.32 Å². The van der Waals surface area contributed by atoms with Crippen LogP contribution < -0.4 is 5.32 Å². The van der Waals surface area contributed by atoms with Crippen LogP contribution in [0.3, 0.4) is 0 Å². The summed E-state index contributed by atoms with van der Waals surface area (Å²) in [7, 11) is 3.23. The van der Waals surface area contributed by atoms with Crippen molar-refractivity contribution >= 4 is 5.91 Å². The molecule has 5 nitrogen and oxygen atoms in total. The molecule has 1 rings (SSSR count). The molecule has 1 aliphatic rings. The van der Waals surface area contributed by atoms with E-state index in [1.807, 2.05) is 11.9 Å². The molecule has 0 aromatic heterocycles.